The summed E-state index contributed by atoms with van der Waals surface area (Å²) in [7, 11) is 1.64. The summed E-state index contributed by atoms with van der Waals surface area (Å²) >= 11 is 0. The molecule has 0 bridgehead atoms. The van der Waals surface area contributed by atoms with E-state index >= 15 is 0 Å². The Bertz CT molecular complexity index is 767. The van der Waals surface area contributed by atoms with Crippen LogP contribution in [0.5, 0.6) is 5.75 Å². The maximum atomic E-state index is 13.6. The molecule has 1 heterocycles. The lowest BCUT2D eigenvalue weighted by Crippen LogP contribution is -2.31. The third kappa shape index (κ3) is 3.90. The average molecular weight is 346 g/mol. The van der Waals surface area contributed by atoms with Crippen LogP contribution in [-0.2, 0) is 0 Å². The van der Waals surface area contributed by atoms with Crippen LogP contribution in [0.3, 0.4) is 0 Å². The van der Waals surface area contributed by atoms with Crippen molar-refractivity contribution in [3.8, 4) is 5.75 Å². The van der Waals surface area contributed by atoms with Crippen molar-refractivity contribution in [2.75, 3.05) is 31.6 Å². The standard InChI is InChI=1S/C19H20F2N2O2/c1-25-18-5-3-2-4-17(18)23-9-8-13(12-23)11-22-19(24)15-10-14(20)6-7-16(15)21/h2-7,10,13H,8-9,11-12H2,1H3,(H,22,24). The first-order valence-electron chi connectivity index (χ1n) is 8.19. The van der Waals surface area contributed by atoms with Crippen LogP contribution in [-0.4, -0.2) is 32.7 Å². The second kappa shape index (κ2) is 7.51. The fourth-order valence-corrected chi connectivity index (χ4v) is 3.11. The zero-order valence-electron chi connectivity index (χ0n) is 14.0. The molecular formula is C19H20F2N2O2. The Morgan fingerprint density at radius 3 is 2.88 bits per heavy atom. The van der Waals surface area contributed by atoms with E-state index < -0.39 is 17.5 Å². The molecule has 0 saturated carbocycles. The quantitative estimate of drug-likeness (QED) is 0.904. The number of nitrogens with one attached hydrogen (secondary N) is 1. The van der Waals surface area contributed by atoms with Gasteiger partial charge in [0, 0.05) is 19.6 Å². The largest absolute Gasteiger partial charge is 0.495 e. The van der Waals surface area contributed by atoms with Crippen LogP contribution < -0.4 is 15.0 Å². The average Bonchev–Trinajstić information content (AvgIpc) is 3.10. The molecule has 25 heavy (non-hydrogen) atoms. The minimum atomic E-state index is -0.721. The van der Waals surface area contributed by atoms with Gasteiger partial charge in [0.05, 0.1) is 18.4 Å². The number of carbonyl (C=O) groups is 1. The molecule has 1 amide bonds. The number of ether oxygens (including phenoxy) is 1. The summed E-state index contributed by atoms with van der Waals surface area (Å²) in [6, 6.07) is 10.7. The first-order valence-corrected chi connectivity index (χ1v) is 8.19. The summed E-state index contributed by atoms with van der Waals surface area (Å²) < 4.78 is 32.2. The predicted molar refractivity (Wildman–Crippen MR) is 92.0 cm³/mol. The van der Waals surface area contributed by atoms with Crippen LogP contribution >= 0.6 is 0 Å². The Balaban J connectivity index is 1.58. The fourth-order valence-electron chi connectivity index (χ4n) is 3.11. The van der Waals surface area contributed by atoms with E-state index in [2.05, 4.69) is 10.2 Å². The van der Waals surface area contributed by atoms with Crippen molar-refractivity contribution in [3.05, 3.63) is 59.7 Å². The summed E-state index contributed by atoms with van der Waals surface area (Å²) in [5, 5.41) is 2.71. The molecule has 0 aliphatic carbocycles. The summed E-state index contributed by atoms with van der Waals surface area (Å²) in [4.78, 5) is 14.3. The van der Waals surface area contributed by atoms with Gasteiger partial charge >= 0.3 is 0 Å². The van der Waals surface area contributed by atoms with Crippen LogP contribution in [0.2, 0.25) is 0 Å². The molecule has 0 radical (unpaired) electrons. The number of hydrogen-bond donors (Lipinski definition) is 1. The van der Waals surface area contributed by atoms with Crippen molar-refractivity contribution < 1.29 is 18.3 Å². The number of para-hydroxylation sites is 2. The number of rotatable bonds is 5. The molecule has 2 aromatic carbocycles. The molecule has 0 aromatic heterocycles. The van der Waals surface area contributed by atoms with Gasteiger partial charge in [-0.15, -0.1) is 0 Å². The SMILES string of the molecule is COc1ccccc1N1CCC(CNC(=O)c2cc(F)ccc2F)C1. The minimum Gasteiger partial charge on any atom is -0.495 e. The van der Waals surface area contributed by atoms with Crippen molar-refractivity contribution >= 4 is 11.6 Å². The lowest BCUT2D eigenvalue weighted by molar-refractivity contribution is 0.0943. The van der Waals surface area contributed by atoms with E-state index in [0.717, 1.165) is 49.1 Å². The Morgan fingerprint density at radius 2 is 2.08 bits per heavy atom. The molecule has 4 nitrogen and oxygen atoms in total. The molecule has 3 rings (SSSR count). The smallest absolute Gasteiger partial charge is 0.254 e. The topological polar surface area (TPSA) is 41.6 Å². The highest BCUT2D eigenvalue weighted by atomic mass is 19.1. The highest BCUT2D eigenvalue weighted by Crippen LogP contribution is 2.31. The van der Waals surface area contributed by atoms with Gasteiger partial charge in [0.15, 0.2) is 0 Å². The third-order valence-electron chi connectivity index (χ3n) is 4.44. The van der Waals surface area contributed by atoms with E-state index in [1.54, 1.807) is 7.11 Å². The van der Waals surface area contributed by atoms with Crippen molar-refractivity contribution in [2.45, 2.75) is 6.42 Å². The molecule has 1 unspecified atom stereocenters. The molecule has 132 valence electrons. The van der Waals surface area contributed by atoms with Gasteiger partial charge in [-0.3, -0.25) is 4.79 Å². The Hall–Kier alpha value is -2.63. The van der Waals surface area contributed by atoms with Gasteiger partial charge < -0.3 is 15.0 Å². The number of carbonyl (C=O) groups excluding carboxylic acids is 1. The predicted octanol–water partition coefficient (Wildman–Crippen LogP) is 3.23. The lowest BCUT2D eigenvalue weighted by atomic mass is 10.1. The molecule has 1 saturated heterocycles. The second-order valence-electron chi connectivity index (χ2n) is 6.11. The molecule has 2 aromatic rings. The monoisotopic (exact) mass is 346 g/mol. The zero-order chi connectivity index (χ0) is 17.8. The molecule has 1 atom stereocenters. The van der Waals surface area contributed by atoms with Crippen molar-refractivity contribution in [2.24, 2.45) is 5.92 Å². The molecule has 6 heteroatoms. The molecular weight excluding hydrogens is 326 g/mol. The van der Waals surface area contributed by atoms with Crippen LogP contribution in [0.25, 0.3) is 0 Å². The normalized spacial score (nSPS) is 16.8. The number of nitrogens with zero attached hydrogens (tertiary/aromatic N) is 1. The van der Waals surface area contributed by atoms with Crippen molar-refractivity contribution in [3.63, 3.8) is 0 Å². The lowest BCUT2D eigenvalue weighted by Gasteiger charge is -2.21. The van der Waals surface area contributed by atoms with Gasteiger partial charge in [-0.2, -0.15) is 0 Å². The highest BCUT2D eigenvalue weighted by Gasteiger charge is 2.25. The summed E-state index contributed by atoms with van der Waals surface area (Å²) in [5.74, 6) is -0.886. The Kier molecular flexibility index (Phi) is 5.16. The van der Waals surface area contributed by atoms with Crippen LogP contribution in [0, 0.1) is 17.6 Å². The van der Waals surface area contributed by atoms with Gasteiger partial charge in [-0.1, -0.05) is 12.1 Å². The fraction of sp³-hybridized carbons (Fsp3) is 0.316. The number of hydrogen-bond acceptors (Lipinski definition) is 3. The van der Waals surface area contributed by atoms with Gasteiger partial charge in [0.1, 0.15) is 17.4 Å². The van der Waals surface area contributed by atoms with E-state index in [1.165, 1.54) is 0 Å². The van der Waals surface area contributed by atoms with Gasteiger partial charge in [-0.05, 0) is 42.7 Å². The van der Waals surface area contributed by atoms with Crippen LogP contribution in [0.4, 0.5) is 14.5 Å². The number of methoxy groups -OCH3 is 1. The van der Waals surface area contributed by atoms with E-state index in [4.69, 9.17) is 4.74 Å². The highest BCUT2D eigenvalue weighted by molar-refractivity contribution is 5.94. The Morgan fingerprint density at radius 1 is 1.28 bits per heavy atom. The first kappa shape index (κ1) is 17.2. The summed E-state index contributed by atoms with van der Waals surface area (Å²) in [5.41, 5.74) is 0.759. The number of benzene rings is 2. The van der Waals surface area contributed by atoms with Gasteiger partial charge in [0.2, 0.25) is 0 Å². The first-order chi connectivity index (χ1) is 12.1. The molecule has 1 fully saturated rings. The van der Waals surface area contributed by atoms with E-state index in [9.17, 15) is 13.6 Å². The van der Waals surface area contributed by atoms with Gasteiger partial charge in [-0.25, -0.2) is 8.78 Å². The summed E-state index contributed by atoms with van der Waals surface area (Å²) in [6.07, 6.45) is 0.907. The third-order valence-corrected chi connectivity index (χ3v) is 4.44. The van der Waals surface area contributed by atoms with Crippen LogP contribution in [0.1, 0.15) is 16.8 Å². The molecule has 1 aliphatic heterocycles. The van der Waals surface area contributed by atoms with Crippen molar-refractivity contribution in [1.82, 2.24) is 5.32 Å². The number of amides is 1. The second-order valence-corrected chi connectivity index (χ2v) is 6.11. The van der Waals surface area contributed by atoms with E-state index in [0.29, 0.717) is 6.54 Å². The Labute approximate surface area is 145 Å². The molecule has 1 aliphatic rings. The minimum absolute atomic E-state index is 0.241. The maximum Gasteiger partial charge on any atom is 0.254 e. The number of halogens is 2. The zero-order valence-corrected chi connectivity index (χ0v) is 14.0. The molecule has 0 spiro atoms. The van der Waals surface area contributed by atoms with E-state index in [-0.39, 0.29) is 11.5 Å². The maximum absolute atomic E-state index is 13.6. The van der Waals surface area contributed by atoms with Crippen molar-refractivity contribution in [1.29, 1.82) is 0 Å². The molecule has 1 N–H and O–H groups in total. The van der Waals surface area contributed by atoms with Crippen LogP contribution in [0.15, 0.2) is 42.5 Å². The summed E-state index contributed by atoms with van der Waals surface area (Å²) in [6.45, 7) is 2.04. The number of anilines is 1. The van der Waals surface area contributed by atoms with Gasteiger partial charge in [0.25, 0.3) is 5.91 Å². The van der Waals surface area contributed by atoms with E-state index in [1.807, 2.05) is 24.3 Å².